The zero-order chi connectivity index (χ0) is 11.1. The van der Waals surface area contributed by atoms with Gasteiger partial charge in [-0.2, -0.15) is 0 Å². The Balaban J connectivity index is 1.92. The highest BCUT2D eigenvalue weighted by molar-refractivity contribution is 7.07. The van der Waals surface area contributed by atoms with Crippen LogP contribution in [-0.2, 0) is 0 Å². The molecule has 1 aromatic rings. The van der Waals surface area contributed by atoms with E-state index in [1.807, 2.05) is 11.8 Å². The van der Waals surface area contributed by atoms with Crippen LogP contribution in [0.1, 0.15) is 34.6 Å². The van der Waals surface area contributed by atoms with E-state index in [1.54, 1.807) is 0 Å². The van der Waals surface area contributed by atoms with Gasteiger partial charge in [0.25, 0.3) is 5.91 Å². The molecule has 1 aromatic heterocycles. The number of aromatic nitrogens is 2. The van der Waals surface area contributed by atoms with Crippen molar-refractivity contribution in [1.82, 2.24) is 14.5 Å². The predicted molar refractivity (Wildman–Crippen MR) is 61.4 cm³/mol. The molecule has 3 heterocycles. The third-order valence-electron chi connectivity index (χ3n) is 3.39. The molecule has 84 valence electrons. The first kappa shape index (κ1) is 9.96. The molecule has 2 unspecified atom stereocenters. The standard InChI is InChI=1S/C11H13N3OS/c1-7-10(16-13-12-7)11(15)14-8-3-2-4-9(14)6-5-8/h2-3,8-9H,4-6H2,1H3. The van der Waals surface area contributed by atoms with E-state index in [-0.39, 0.29) is 5.91 Å². The van der Waals surface area contributed by atoms with Gasteiger partial charge in [-0.05, 0) is 37.7 Å². The van der Waals surface area contributed by atoms with Gasteiger partial charge in [0.1, 0.15) is 4.88 Å². The summed E-state index contributed by atoms with van der Waals surface area (Å²) in [5.74, 6) is 0.115. The summed E-state index contributed by atoms with van der Waals surface area (Å²) in [5, 5.41) is 3.91. The maximum Gasteiger partial charge on any atom is 0.268 e. The van der Waals surface area contributed by atoms with Crippen molar-refractivity contribution < 1.29 is 4.79 Å². The monoisotopic (exact) mass is 235 g/mol. The first-order chi connectivity index (χ1) is 7.77. The number of carbonyl (C=O) groups is 1. The van der Waals surface area contributed by atoms with E-state index >= 15 is 0 Å². The molecule has 2 bridgehead atoms. The zero-order valence-electron chi connectivity index (χ0n) is 9.09. The summed E-state index contributed by atoms with van der Waals surface area (Å²) in [4.78, 5) is 15.1. The summed E-state index contributed by atoms with van der Waals surface area (Å²) in [5.41, 5.74) is 0.754. The molecule has 4 nitrogen and oxygen atoms in total. The second-order valence-corrected chi connectivity index (χ2v) is 5.12. The Labute approximate surface area is 98.1 Å². The fourth-order valence-electron chi connectivity index (χ4n) is 2.59. The summed E-state index contributed by atoms with van der Waals surface area (Å²) >= 11 is 1.21. The van der Waals surface area contributed by atoms with Gasteiger partial charge in [0.05, 0.1) is 11.7 Å². The number of amides is 1. The average molecular weight is 235 g/mol. The molecule has 3 rings (SSSR count). The number of rotatable bonds is 1. The number of carbonyl (C=O) groups excluding carboxylic acids is 1. The summed E-state index contributed by atoms with van der Waals surface area (Å²) in [6.45, 7) is 1.85. The van der Waals surface area contributed by atoms with Crippen LogP contribution in [0.5, 0.6) is 0 Å². The van der Waals surface area contributed by atoms with Crippen LogP contribution in [0.2, 0.25) is 0 Å². The molecule has 0 spiro atoms. The number of hydrogen-bond acceptors (Lipinski definition) is 4. The lowest BCUT2D eigenvalue weighted by Crippen LogP contribution is -2.42. The lowest BCUT2D eigenvalue weighted by atomic mass is 10.1. The molecule has 1 saturated heterocycles. The van der Waals surface area contributed by atoms with Crippen LogP contribution in [0.15, 0.2) is 12.2 Å². The highest BCUT2D eigenvalue weighted by atomic mass is 32.1. The Bertz CT molecular complexity index is 454. The van der Waals surface area contributed by atoms with Gasteiger partial charge in [-0.15, -0.1) is 5.10 Å². The molecule has 0 radical (unpaired) electrons. The maximum absolute atomic E-state index is 12.4. The molecule has 16 heavy (non-hydrogen) atoms. The van der Waals surface area contributed by atoms with Crippen molar-refractivity contribution in [2.45, 2.75) is 38.3 Å². The van der Waals surface area contributed by atoms with Crippen LogP contribution in [0.3, 0.4) is 0 Å². The molecule has 0 aliphatic carbocycles. The van der Waals surface area contributed by atoms with Crippen LogP contribution in [-0.4, -0.2) is 32.5 Å². The predicted octanol–water partition coefficient (Wildman–Crippen LogP) is 1.78. The lowest BCUT2D eigenvalue weighted by Gasteiger charge is -2.30. The maximum atomic E-state index is 12.4. The van der Waals surface area contributed by atoms with Crippen molar-refractivity contribution in [3.63, 3.8) is 0 Å². The van der Waals surface area contributed by atoms with Crippen LogP contribution in [0.4, 0.5) is 0 Å². The first-order valence-electron chi connectivity index (χ1n) is 5.55. The Morgan fingerprint density at radius 2 is 2.44 bits per heavy atom. The van der Waals surface area contributed by atoms with Gasteiger partial charge in [0.15, 0.2) is 0 Å². The van der Waals surface area contributed by atoms with E-state index in [9.17, 15) is 4.79 Å². The normalized spacial score (nSPS) is 27.4. The van der Waals surface area contributed by atoms with E-state index in [4.69, 9.17) is 0 Å². The van der Waals surface area contributed by atoms with Crippen LogP contribution >= 0.6 is 11.5 Å². The molecular formula is C11H13N3OS. The van der Waals surface area contributed by atoms with Crippen LogP contribution < -0.4 is 0 Å². The zero-order valence-corrected chi connectivity index (χ0v) is 9.91. The van der Waals surface area contributed by atoms with Gasteiger partial charge in [-0.25, -0.2) is 0 Å². The van der Waals surface area contributed by atoms with E-state index < -0.39 is 0 Å². The second-order valence-electron chi connectivity index (χ2n) is 4.36. The summed E-state index contributed by atoms with van der Waals surface area (Å²) in [6.07, 6.45) is 7.56. The van der Waals surface area contributed by atoms with Gasteiger partial charge in [0, 0.05) is 6.04 Å². The third-order valence-corrected chi connectivity index (χ3v) is 4.21. The molecule has 2 aliphatic rings. The summed E-state index contributed by atoms with van der Waals surface area (Å²) in [6, 6.07) is 0.691. The fraction of sp³-hybridized carbons (Fsp3) is 0.545. The van der Waals surface area contributed by atoms with Crippen molar-refractivity contribution in [3.8, 4) is 0 Å². The van der Waals surface area contributed by atoms with E-state index in [0.29, 0.717) is 17.0 Å². The molecule has 1 fully saturated rings. The van der Waals surface area contributed by atoms with E-state index in [1.165, 1.54) is 11.5 Å². The minimum absolute atomic E-state index is 0.115. The van der Waals surface area contributed by atoms with Gasteiger partial charge >= 0.3 is 0 Å². The largest absolute Gasteiger partial charge is 0.328 e. The van der Waals surface area contributed by atoms with Crippen LogP contribution in [0, 0.1) is 6.92 Å². The molecule has 2 aliphatic heterocycles. The van der Waals surface area contributed by atoms with Gasteiger partial charge in [0.2, 0.25) is 0 Å². The molecule has 0 saturated carbocycles. The number of fused-ring (bicyclic) bond motifs is 2. The first-order valence-corrected chi connectivity index (χ1v) is 6.33. The number of hydrogen-bond donors (Lipinski definition) is 0. The second kappa shape index (κ2) is 3.66. The van der Waals surface area contributed by atoms with Crippen molar-refractivity contribution in [1.29, 1.82) is 0 Å². The van der Waals surface area contributed by atoms with Crippen LogP contribution in [0.25, 0.3) is 0 Å². The minimum Gasteiger partial charge on any atom is -0.328 e. The van der Waals surface area contributed by atoms with E-state index in [2.05, 4.69) is 21.7 Å². The molecular weight excluding hydrogens is 222 g/mol. The quantitative estimate of drug-likeness (QED) is 0.697. The van der Waals surface area contributed by atoms with Crippen molar-refractivity contribution in [2.75, 3.05) is 0 Å². The van der Waals surface area contributed by atoms with Crippen molar-refractivity contribution in [3.05, 3.63) is 22.7 Å². The average Bonchev–Trinajstić information content (AvgIpc) is 2.80. The molecule has 5 heteroatoms. The van der Waals surface area contributed by atoms with Crippen molar-refractivity contribution in [2.24, 2.45) is 0 Å². The topological polar surface area (TPSA) is 46.1 Å². The van der Waals surface area contributed by atoms with Gasteiger partial charge < -0.3 is 4.90 Å². The van der Waals surface area contributed by atoms with Gasteiger partial charge in [-0.3, -0.25) is 4.79 Å². The summed E-state index contributed by atoms with van der Waals surface area (Å²) in [7, 11) is 0. The highest BCUT2D eigenvalue weighted by Crippen LogP contribution is 2.33. The number of aryl methyl sites for hydroxylation is 1. The molecule has 2 atom stereocenters. The van der Waals surface area contributed by atoms with E-state index in [0.717, 1.165) is 25.0 Å². The lowest BCUT2D eigenvalue weighted by molar-refractivity contribution is 0.0693. The highest BCUT2D eigenvalue weighted by Gasteiger charge is 2.38. The molecule has 0 aromatic carbocycles. The van der Waals surface area contributed by atoms with Gasteiger partial charge in [-0.1, -0.05) is 16.6 Å². The smallest absolute Gasteiger partial charge is 0.268 e. The third kappa shape index (κ3) is 1.38. The SMILES string of the molecule is Cc1nnsc1C(=O)N1C2C=CCC1CC2. The Morgan fingerprint density at radius 1 is 1.56 bits per heavy atom. The Morgan fingerprint density at radius 3 is 3.12 bits per heavy atom. The number of nitrogens with zero attached hydrogens (tertiary/aromatic N) is 3. The Hall–Kier alpha value is -1.23. The Kier molecular flexibility index (Phi) is 2.28. The molecule has 1 amide bonds. The fourth-order valence-corrected chi connectivity index (χ4v) is 3.19. The summed E-state index contributed by atoms with van der Waals surface area (Å²) < 4.78 is 3.83. The van der Waals surface area contributed by atoms with Crippen molar-refractivity contribution >= 4 is 17.4 Å². The molecule has 0 N–H and O–H groups in total. The minimum atomic E-state index is 0.115.